The third-order valence-corrected chi connectivity index (χ3v) is 7.05. The van der Waals surface area contributed by atoms with Gasteiger partial charge in [0.25, 0.3) is 0 Å². The van der Waals surface area contributed by atoms with Gasteiger partial charge >= 0.3 is 0 Å². The number of anilines is 1. The third kappa shape index (κ3) is 6.33. The Kier molecular flexibility index (Phi) is 8.14. The first kappa shape index (κ1) is 23.3. The first-order valence-corrected chi connectivity index (χ1v) is 11.9. The molecule has 7 nitrogen and oxygen atoms in total. The molecule has 2 aromatic rings. The molecule has 0 saturated carbocycles. The maximum Gasteiger partial charge on any atom is 0.235 e. The zero-order chi connectivity index (χ0) is 22.3. The van der Waals surface area contributed by atoms with Crippen LogP contribution in [0.5, 0.6) is 0 Å². The monoisotopic (exact) mass is 449 g/mol. The van der Waals surface area contributed by atoms with Crippen molar-refractivity contribution in [2.45, 2.75) is 13.0 Å². The topological polar surface area (TPSA) is 92.9 Å². The van der Waals surface area contributed by atoms with Gasteiger partial charge < -0.3 is 10.5 Å². The van der Waals surface area contributed by atoms with Gasteiger partial charge in [0.15, 0.2) is 5.78 Å². The molecule has 0 amide bonds. The molecule has 9 heteroatoms. The summed E-state index contributed by atoms with van der Waals surface area (Å²) in [7, 11) is -3.70. The van der Waals surface area contributed by atoms with Crippen LogP contribution in [0.15, 0.2) is 48.5 Å². The lowest BCUT2D eigenvalue weighted by molar-refractivity contribution is 0.0381. The van der Waals surface area contributed by atoms with E-state index in [1.165, 1.54) is 16.4 Å². The van der Waals surface area contributed by atoms with Crippen molar-refractivity contribution in [2.24, 2.45) is 5.73 Å². The van der Waals surface area contributed by atoms with Gasteiger partial charge in [-0.3, -0.25) is 14.0 Å². The number of Topliss-reactive ketones (excluding diaryl/α,β-unsaturated/α-hetero) is 1. The van der Waals surface area contributed by atoms with Gasteiger partial charge in [-0.1, -0.05) is 30.3 Å². The SMILES string of the molecule is NCC(=O)c1ccc(CN(c2ccccc2)S(=O)(=O)CCCN2CCOCC2)c(F)c1. The lowest BCUT2D eigenvalue weighted by Crippen LogP contribution is -2.38. The molecule has 2 aromatic carbocycles. The molecule has 1 saturated heterocycles. The molecule has 2 N–H and O–H groups in total. The molecule has 1 heterocycles. The highest BCUT2D eigenvalue weighted by atomic mass is 32.2. The number of hydrogen-bond donors (Lipinski definition) is 1. The van der Waals surface area contributed by atoms with Gasteiger partial charge in [0.05, 0.1) is 37.7 Å². The Bertz CT molecular complexity index is 980. The molecule has 1 fully saturated rings. The van der Waals surface area contributed by atoms with E-state index in [1.807, 2.05) is 0 Å². The lowest BCUT2D eigenvalue weighted by atomic mass is 10.1. The standard InChI is InChI=1S/C22H28FN3O4S/c23-21-15-18(22(27)16-24)7-8-19(21)17-26(20-5-2-1-3-6-20)31(28,29)14-4-9-25-10-12-30-13-11-25/h1-3,5-8,15H,4,9-14,16-17,24H2. The van der Waals surface area contributed by atoms with Crippen molar-refractivity contribution in [2.75, 3.05) is 49.5 Å². The van der Waals surface area contributed by atoms with Crippen LogP contribution in [0, 0.1) is 5.82 Å². The fourth-order valence-electron chi connectivity index (χ4n) is 3.47. The minimum Gasteiger partial charge on any atom is -0.379 e. The fraction of sp³-hybridized carbons (Fsp3) is 0.409. The summed E-state index contributed by atoms with van der Waals surface area (Å²) in [4.78, 5) is 13.9. The number of nitrogens with two attached hydrogens (primary N) is 1. The Balaban J connectivity index is 1.77. The molecule has 1 aliphatic heterocycles. The van der Waals surface area contributed by atoms with Crippen LogP contribution in [0.1, 0.15) is 22.3 Å². The predicted molar refractivity (Wildman–Crippen MR) is 118 cm³/mol. The van der Waals surface area contributed by atoms with Crippen LogP contribution < -0.4 is 10.0 Å². The van der Waals surface area contributed by atoms with E-state index in [1.54, 1.807) is 30.3 Å². The van der Waals surface area contributed by atoms with Gasteiger partial charge in [0.2, 0.25) is 10.0 Å². The number of ketones is 1. The Hall–Kier alpha value is -2.33. The Morgan fingerprint density at radius 1 is 1.13 bits per heavy atom. The second-order valence-electron chi connectivity index (χ2n) is 7.40. The molecular weight excluding hydrogens is 421 g/mol. The number of sulfonamides is 1. The van der Waals surface area contributed by atoms with Gasteiger partial charge in [0.1, 0.15) is 5.82 Å². The Morgan fingerprint density at radius 3 is 2.48 bits per heavy atom. The summed E-state index contributed by atoms with van der Waals surface area (Å²) < 4.78 is 47.6. The van der Waals surface area contributed by atoms with Crippen molar-refractivity contribution in [1.29, 1.82) is 0 Å². The van der Waals surface area contributed by atoms with E-state index >= 15 is 0 Å². The first-order valence-electron chi connectivity index (χ1n) is 10.3. The van der Waals surface area contributed by atoms with E-state index in [9.17, 15) is 17.6 Å². The van der Waals surface area contributed by atoms with Gasteiger partial charge in [-0.2, -0.15) is 0 Å². The largest absolute Gasteiger partial charge is 0.379 e. The molecule has 0 unspecified atom stereocenters. The Labute approximate surface area is 182 Å². The third-order valence-electron chi connectivity index (χ3n) is 5.23. The number of halogens is 1. The number of rotatable bonds is 10. The molecule has 3 rings (SSSR count). The van der Waals surface area contributed by atoms with Crippen LogP contribution in [0.4, 0.5) is 10.1 Å². The second kappa shape index (κ2) is 10.8. The summed E-state index contributed by atoms with van der Waals surface area (Å²) >= 11 is 0. The molecule has 31 heavy (non-hydrogen) atoms. The normalized spacial score (nSPS) is 15.0. The van der Waals surface area contributed by atoms with E-state index in [4.69, 9.17) is 10.5 Å². The maximum absolute atomic E-state index is 14.7. The summed E-state index contributed by atoms with van der Waals surface area (Å²) in [5.41, 5.74) is 6.16. The van der Waals surface area contributed by atoms with Crippen LogP contribution in [0.3, 0.4) is 0 Å². The van der Waals surface area contributed by atoms with Gasteiger partial charge in [0, 0.05) is 24.2 Å². The van der Waals surface area contributed by atoms with E-state index in [-0.39, 0.29) is 35.8 Å². The highest BCUT2D eigenvalue weighted by Gasteiger charge is 2.24. The van der Waals surface area contributed by atoms with Crippen molar-refractivity contribution >= 4 is 21.5 Å². The summed E-state index contributed by atoms with van der Waals surface area (Å²) in [6.07, 6.45) is 0.470. The van der Waals surface area contributed by atoms with Gasteiger partial charge in [-0.15, -0.1) is 0 Å². The number of para-hydroxylation sites is 1. The van der Waals surface area contributed by atoms with Crippen molar-refractivity contribution < 1.29 is 22.3 Å². The second-order valence-corrected chi connectivity index (χ2v) is 9.41. The lowest BCUT2D eigenvalue weighted by Gasteiger charge is -2.28. The number of benzene rings is 2. The molecule has 0 atom stereocenters. The van der Waals surface area contributed by atoms with Crippen LogP contribution in [0.25, 0.3) is 0 Å². The minimum atomic E-state index is -3.70. The van der Waals surface area contributed by atoms with E-state index in [0.29, 0.717) is 31.9 Å². The smallest absolute Gasteiger partial charge is 0.235 e. The highest BCUT2D eigenvalue weighted by Crippen LogP contribution is 2.23. The van der Waals surface area contributed by atoms with E-state index in [0.717, 1.165) is 19.2 Å². The van der Waals surface area contributed by atoms with Crippen LogP contribution >= 0.6 is 0 Å². The van der Waals surface area contributed by atoms with Crippen molar-refractivity contribution in [3.63, 3.8) is 0 Å². The fourth-order valence-corrected chi connectivity index (χ4v) is 4.96. The summed E-state index contributed by atoms with van der Waals surface area (Å²) in [5, 5.41) is 0. The van der Waals surface area contributed by atoms with Gasteiger partial charge in [-0.05, 0) is 31.2 Å². The molecular formula is C22H28FN3O4S. The number of nitrogens with zero attached hydrogens (tertiary/aromatic N) is 2. The summed E-state index contributed by atoms with van der Waals surface area (Å²) in [6, 6.07) is 12.7. The van der Waals surface area contributed by atoms with Crippen LogP contribution in [-0.4, -0.2) is 64.2 Å². The molecule has 1 aliphatic rings. The zero-order valence-corrected chi connectivity index (χ0v) is 18.2. The predicted octanol–water partition coefficient (Wildman–Crippen LogP) is 2.03. The van der Waals surface area contributed by atoms with Crippen molar-refractivity contribution in [3.05, 3.63) is 65.5 Å². The number of hydrogen-bond acceptors (Lipinski definition) is 6. The number of morpholine rings is 1. The van der Waals surface area contributed by atoms with E-state index < -0.39 is 15.8 Å². The summed E-state index contributed by atoms with van der Waals surface area (Å²) in [6.45, 7) is 3.19. The number of carbonyl (C=O) groups excluding carboxylic acids is 1. The average Bonchev–Trinajstić information content (AvgIpc) is 2.78. The molecule has 168 valence electrons. The van der Waals surface area contributed by atoms with E-state index in [2.05, 4.69) is 4.90 Å². The van der Waals surface area contributed by atoms with Crippen molar-refractivity contribution in [3.8, 4) is 0 Å². The highest BCUT2D eigenvalue weighted by molar-refractivity contribution is 7.92. The minimum absolute atomic E-state index is 0.0510. The maximum atomic E-state index is 14.7. The average molecular weight is 450 g/mol. The van der Waals surface area contributed by atoms with Crippen LogP contribution in [0.2, 0.25) is 0 Å². The van der Waals surface area contributed by atoms with Crippen molar-refractivity contribution in [1.82, 2.24) is 4.90 Å². The zero-order valence-electron chi connectivity index (χ0n) is 17.4. The number of ether oxygens (including phenoxy) is 1. The number of carbonyl (C=O) groups is 1. The molecule has 0 spiro atoms. The quantitative estimate of drug-likeness (QED) is 0.558. The first-order chi connectivity index (χ1) is 14.9. The summed E-state index contributed by atoms with van der Waals surface area (Å²) in [5.74, 6) is -1.06. The Morgan fingerprint density at radius 2 is 1.84 bits per heavy atom. The molecule has 0 aromatic heterocycles. The molecule has 0 aliphatic carbocycles. The van der Waals surface area contributed by atoms with Gasteiger partial charge in [-0.25, -0.2) is 12.8 Å². The van der Waals surface area contributed by atoms with Crippen LogP contribution in [-0.2, 0) is 21.3 Å². The molecule has 0 bridgehead atoms. The molecule has 0 radical (unpaired) electrons.